The van der Waals surface area contributed by atoms with Crippen LogP contribution in [0.25, 0.3) is 43.8 Å². The van der Waals surface area contributed by atoms with Crippen molar-refractivity contribution in [3.63, 3.8) is 0 Å². The molecule has 0 unspecified atom stereocenters. The van der Waals surface area contributed by atoms with E-state index in [0.29, 0.717) is 13.0 Å². The molecule has 103 heavy (non-hydrogen) atoms. The minimum atomic E-state index is -0.00621. The highest BCUT2D eigenvalue weighted by molar-refractivity contribution is 5.87. The Balaban J connectivity index is 0.000000216. The minimum Gasteiger partial charge on any atom is -0.497 e. The Hall–Kier alpha value is -7.00. The third kappa shape index (κ3) is 22.5. The number of hydrogen-bond donors (Lipinski definition) is 0. The van der Waals surface area contributed by atoms with Crippen LogP contribution in [0, 0.1) is 36.2 Å². The van der Waals surface area contributed by atoms with Gasteiger partial charge in [-0.1, -0.05) is 363 Å². The van der Waals surface area contributed by atoms with Crippen molar-refractivity contribution < 1.29 is 9.53 Å². The average Bonchev–Trinajstić information content (AvgIpc) is 1.59. The zero-order valence-corrected chi connectivity index (χ0v) is 66.3. The molecule has 6 aromatic rings. The maximum absolute atomic E-state index is 11.7. The number of carbonyl (C=O) groups is 1. The van der Waals surface area contributed by atoms with E-state index in [9.17, 15) is 15.3 Å². The summed E-state index contributed by atoms with van der Waals surface area (Å²) in [5, 5.41) is 19.1. The fourth-order valence-corrected chi connectivity index (χ4v) is 18.0. The van der Waals surface area contributed by atoms with Crippen molar-refractivity contribution in [2.45, 2.75) is 354 Å². The number of rotatable bonds is 47. The predicted molar refractivity (Wildman–Crippen MR) is 441 cm³/mol. The summed E-state index contributed by atoms with van der Waals surface area (Å²) in [6.07, 6.45) is 57.8. The van der Waals surface area contributed by atoms with Gasteiger partial charge in [0.25, 0.3) is 0 Å². The van der Waals surface area contributed by atoms with Crippen LogP contribution < -0.4 is 4.74 Å². The van der Waals surface area contributed by atoms with Crippen LogP contribution in [0.4, 0.5) is 0 Å². The number of aldehydes is 1. The van der Waals surface area contributed by atoms with Gasteiger partial charge in [-0.05, 0) is 161 Å². The van der Waals surface area contributed by atoms with E-state index >= 15 is 0 Å². The monoisotopic (exact) mass is 1390 g/mol. The van der Waals surface area contributed by atoms with E-state index in [1.807, 2.05) is 19.1 Å². The first kappa shape index (κ1) is 83.3. The summed E-state index contributed by atoms with van der Waals surface area (Å²) in [5.74, 6) is 0.937. The molecule has 0 aliphatic heterocycles. The Morgan fingerprint density at radius 1 is 0.408 bits per heavy atom. The van der Waals surface area contributed by atoms with Crippen LogP contribution in [0.5, 0.6) is 5.75 Å². The van der Waals surface area contributed by atoms with Gasteiger partial charge in [0, 0.05) is 27.4 Å². The van der Waals surface area contributed by atoms with Gasteiger partial charge in [0.05, 0.1) is 31.2 Å². The maximum atomic E-state index is 11.7. The number of nitriles is 2. The zero-order chi connectivity index (χ0) is 73.6. The molecule has 5 heteroatoms. The third-order valence-corrected chi connectivity index (χ3v) is 23.7. The number of allylic oxidation sites excluding steroid dienone is 2. The van der Waals surface area contributed by atoms with Crippen molar-refractivity contribution in [2.75, 3.05) is 7.11 Å². The van der Waals surface area contributed by atoms with Gasteiger partial charge in [0.15, 0.2) is 0 Å². The highest BCUT2D eigenvalue weighted by Crippen LogP contribution is 2.58. The summed E-state index contributed by atoms with van der Waals surface area (Å²) >= 11 is 0. The lowest BCUT2D eigenvalue weighted by Gasteiger charge is -2.33. The van der Waals surface area contributed by atoms with E-state index in [4.69, 9.17) is 11.3 Å². The first-order chi connectivity index (χ1) is 50.5. The lowest BCUT2D eigenvalue weighted by atomic mass is 9.70. The smallest absolute Gasteiger partial charge is 0.239 e. The quantitative estimate of drug-likeness (QED) is 0.0165. The van der Waals surface area contributed by atoms with Gasteiger partial charge in [-0.15, -0.1) is 0 Å². The average molecular weight is 1390 g/mol. The molecule has 554 valence electrons. The Bertz CT molecular complexity index is 3570. The van der Waals surface area contributed by atoms with E-state index in [0.717, 1.165) is 52.7 Å². The molecule has 3 aliphatic rings. The van der Waals surface area contributed by atoms with Gasteiger partial charge < -0.3 is 9.58 Å². The van der Waals surface area contributed by atoms with Crippen molar-refractivity contribution in [1.29, 1.82) is 10.5 Å². The van der Waals surface area contributed by atoms with Gasteiger partial charge in [0.2, 0.25) is 6.54 Å². The normalized spacial score (nSPS) is 13.6. The Labute approximate surface area is 628 Å². The van der Waals surface area contributed by atoms with Crippen molar-refractivity contribution in [3.05, 3.63) is 188 Å². The van der Waals surface area contributed by atoms with Crippen LogP contribution in [0.2, 0.25) is 0 Å². The number of methoxy groups -OCH3 is 1. The number of aryl methyl sites for hydroxylation is 1. The van der Waals surface area contributed by atoms with E-state index < -0.39 is 0 Å². The second kappa shape index (κ2) is 45.4. The van der Waals surface area contributed by atoms with Crippen molar-refractivity contribution in [3.8, 4) is 51.3 Å². The number of nitrogens with zero attached hydrogens (tertiary/aromatic N) is 3. The molecule has 0 N–H and O–H groups in total. The number of unbranched alkanes of at least 4 members (excludes halogenated alkanes) is 30. The fraction of sp³-hybridized carbons (Fsp3) is 0.571. The maximum Gasteiger partial charge on any atom is 0.239 e. The van der Waals surface area contributed by atoms with Gasteiger partial charge in [-0.2, -0.15) is 10.5 Å². The van der Waals surface area contributed by atoms with Crippen LogP contribution in [0.15, 0.2) is 115 Å². The second-order valence-corrected chi connectivity index (χ2v) is 31.2. The summed E-state index contributed by atoms with van der Waals surface area (Å²) in [6, 6.07) is 45.2. The molecule has 0 saturated carbocycles. The van der Waals surface area contributed by atoms with Gasteiger partial charge in [-0.25, -0.2) is 6.57 Å². The van der Waals surface area contributed by atoms with E-state index in [-0.39, 0.29) is 16.2 Å². The van der Waals surface area contributed by atoms with Crippen molar-refractivity contribution in [1.82, 2.24) is 0 Å². The number of hydrogen-bond acceptors (Lipinski definition) is 4. The molecule has 0 amide bonds. The van der Waals surface area contributed by atoms with Crippen LogP contribution in [-0.2, 0) is 29.2 Å². The Kier molecular flexibility index (Phi) is 36.7. The van der Waals surface area contributed by atoms with Gasteiger partial charge in [-0.3, -0.25) is 4.79 Å². The molecule has 0 fully saturated rings. The van der Waals surface area contributed by atoms with Crippen LogP contribution in [-0.4, -0.2) is 13.4 Å². The van der Waals surface area contributed by atoms with E-state index in [2.05, 4.69) is 169 Å². The molecule has 9 rings (SSSR count). The molecule has 5 nitrogen and oxygen atoms in total. The molecule has 0 radical (unpaired) electrons. The van der Waals surface area contributed by atoms with Crippen LogP contribution in [0.1, 0.15) is 384 Å². The molecule has 3 aliphatic carbocycles. The van der Waals surface area contributed by atoms with Gasteiger partial charge in [0.1, 0.15) is 12.0 Å². The van der Waals surface area contributed by atoms with Crippen molar-refractivity contribution in [2.24, 2.45) is 0 Å². The lowest BCUT2D eigenvalue weighted by molar-refractivity contribution is 0.112. The molecule has 0 saturated heterocycles. The molecular weight excluding hydrogens is 1250 g/mol. The second-order valence-electron chi connectivity index (χ2n) is 31.2. The molecule has 0 atom stereocenters. The predicted octanol–water partition coefficient (Wildman–Crippen LogP) is 29.9. The molecule has 0 bridgehead atoms. The number of benzene rings is 6. The SMILES string of the molecule is C/C=C(\C#N)c1ccc2c(c1)C(CCCCCCCC)(CCCCCCCC)c1cc(C)ccc1-2.CCCCCCCCC1(CCCCCCCC)c2cc(C=O)ccc2-c2ccc(OC)cc21.[C-]#[N+]Cc1ccc2c(c1)C(CCCCCCCC)(CCCCCCCC)c1cc(CC#N)ccc1-2. The molecule has 0 spiro atoms. The molecule has 0 heterocycles. The van der Waals surface area contributed by atoms with Crippen LogP contribution in [0.3, 0.4) is 0 Å². The van der Waals surface area contributed by atoms with E-state index in [1.54, 1.807) is 12.7 Å². The van der Waals surface area contributed by atoms with Gasteiger partial charge >= 0.3 is 0 Å². The number of ether oxygens (including phenoxy) is 1. The number of fused-ring (bicyclic) bond motifs is 9. The Morgan fingerprint density at radius 2 is 0.738 bits per heavy atom. The molecule has 0 aromatic heterocycles. The Morgan fingerprint density at radius 3 is 1.12 bits per heavy atom. The lowest BCUT2D eigenvalue weighted by Crippen LogP contribution is -2.26. The summed E-state index contributed by atoms with van der Waals surface area (Å²) in [6.45, 7) is 25.8. The molecule has 6 aromatic carbocycles. The zero-order valence-electron chi connectivity index (χ0n) is 66.3. The third-order valence-electron chi connectivity index (χ3n) is 23.7. The van der Waals surface area contributed by atoms with Crippen molar-refractivity contribution >= 4 is 11.9 Å². The number of carbonyl (C=O) groups excluding carboxylic acids is 1. The summed E-state index contributed by atoms with van der Waals surface area (Å²) < 4.78 is 5.66. The topological polar surface area (TPSA) is 78.2 Å². The first-order valence-electron chi connectivity index (χ1n) is 42.1. The highest BCUT2D eigenvalue weighted by atomic mass is 16.5. The standard InChI is InChI=1S/C34H47N.C33H44N2.C31H44O2/c1-5-8-10-12-14-16-22-34(23-17-15-13-11-9-6-2)32-24-27(4)18-20-30(32)31-21-19-29(25-33(31)34)28(7-3)26-35;1-4-6-8-10-12-14-21-33(22-15-13-11-9-7-5-2)31-24-27(20-23-34)16-18-29(31)30-19-17-28(26-35-3)25-32(30)33;1-4-6-8-10-12-14-20-31(21-15-13-11-9-7-5-2)29-22-25(24-32)16-18-27(29)28-19-17-26(33-3)23-30(28)31/h7,18-21,24-25H,5-6,8-17,22-23H2,1-4H3;16-19,24-25H,4-15,20-22,26H2,1-2H3;16-19,22-24H,4-15,20-21H2,1-3H3/b28-7+;;. The first-order valence-corrected chi connectivity index (χ1v) is 42.1. The highest BCUT2D eigenvalue weighted by Gasteiger charge is 2.45. The largest absolute Gasteiger partial charge is 0.497 e. The minimum absolute atomic E-state index is 0.00621. The summed E-state index contributed by atoms with van der Waals surface area (Å²) in [4.78, 5) is 15.4. The summed E-state index contributed by atoms with van der Waals surface area (Å²) in [5.41, 5.74) is 23.3. The fourth-order valence-electron chi connectivity index (χ4n) is 18.0. The molecular formula is C98H135N3O2. The summed E-state index contributed by atoms with van der Waals surface area (Å²) in [7, 11) is 1.76. The van der Waals surface area contributed by atoms with Crippen LogP contribution >= 0.6 is 0 Å². The van der Waals surface area contributed by atoms with E-state index in [1.165, 1.54) is 324 Å².